The number of anilines is 1. The number of para-hydroxylation sites is 1. The summed E-state index contributed by atoms with van der Waals surface area (Å²) in [5.74, 6) is 1.07. The molecule has 1 amide bonds. The molecule has 9 nitrogen and oxygen atoms in total. The molecule has 29 heavy (non-hydrogen) atoms. The average Bonchev–Trinajstić information content (AvgIpc) is 3.12. The van der Waals surface area contributed by atoms with Gasteiger partial charge in [0.05, 0.1) is 19.5 Å². The minimum Gasteiger partial charge on any atom is -0.496 e. The van der Waals surface area contributed by atoms with Gasteiger partial charge in [-0.1, -0.05) is 18.2 Å². The third kappa shape index (κ3) is 4.36. The van der Waals surface area contributed by atoms with Crippen molar-refractivity contribution >= 4 is 47.7 Å². The lowest BCUT2D eigenvalue weighted by molar-refractivity contribution is -0.135. The van der Waals surface area contributed by atoms with E-state index in [0.29, 0.717) is 30.1 Å². The highest BCUT2D eigenvalue weighted by Crippen LogP contribution is 2.30. The highest BCUT2D eigenvalue weighted by atomic mass is 35.5. The van der Waals surface area contributed by atoms with Gasteiger partial charge < -0.3 is 25.3 Å². The molecule has 1 unspecified atom stereocenters. The summed E-state index contributed by atoms with van der Waals surface area (Å²) in [6, 6.07) is 7.69. The number of nitrogens with zero attached hydrogens (tertiary/aromatic N) is 5. The minimum absolute atomic E-state index is 0. The molecule has 11 heteroatoms. The van der Waals surface area contributed by atoms with Gasteiger partial charge in [-0.25, -0.2) is 15.0 Å². The van der Waals surface area contributed by atoms with Crippen LogP contribution < -0.4 is 15.8 Å². The summed E-state index contributed by atoms with van der Waals surface area (Å²) < 4.78 is 7.20. The topological polar surface area (TPSA) is 111 Å². The summed E-state index contributed by atoms with van der Waals surface area (Å²) >= 11 is 0. The lowest BCUT2D eigenvalue weighted by Crippen LogP contribution is -2.49. The molecule has 0 aliphatic carbocycles. The van der Waals surface area contributed by atoms with Gasteiger partial charge in [0.2, 0.25) is 5.91 Å². The highest BCUT2D eigenvalue weighted by molar-refractivity contribution is 5.86. The number of nitrogens with one attached hydrogen (secondary N) is 1. The largest absolute Gasteiger partial charge is 0.496 e. The Hall–Kier alpha value is -2.62. The predicted molar refractivity (Wildman–Crippen MR) is 115 cm³/mol. The van der Waals surface area contributed by atoms with Crippen LogP contribution in [0.4, 0.5) is 5.82 Å². The van der Waals surface area contributed by atoms with Crippen LogP contribution in [-0.4, -0.2) is 57.1 Å². The zero-order chi connectivity index (χ0) is 18.8. The van der Waals surface area contributed by atoms with Crippen molar-refractivity contribution in [2.45, 2.75) is 12.6 Å². The number of nitrogen functional groups attached to an aromatic ring is 1. The van der Waals surface area contributed by atoms with Gasteiger partial charge in [-0.15, -0.1) is 24.8 Å². The number of imidazole rings is 1. The molecule has 0 radical (unpaired) electrons. The van der Waals surface area contributed by atoms with Crippen molar-refractivity contribution in [1.29, 1.82) is 0 Å². The van der Waals surface area contributed by atoms with Gasteiger partial charge in [0, 0.05) is 25.2 Å². The molecule has 1 aliphatic heterocycles. The Morgan fingerprint density at radius 2 is 2.07 bits per heavy atom. The third-order valence-corrected chi connectivity index (χ3v) is 4.80. The number of benzene rings is 1. The first-order valence-corrected chi connectivity index (χ1v) is 8.73. The Morgan fingerprint density at radius 3 is 2.86 bits per heavy atom. The summed E-state index contributed by atoms with van der Waals surface area (Å²) in [6.45, 7) is 2.17. The summed E-state index contributed by atoms with van der Waals surface area (Å²) in [5.41, 5.74) is 7.88. The predicted octanol–water partition coefficient (Wildman–Crippen LogP) is 1.43. The van der Waals surface area contributed by atoms with Gasteiger partial charge in [-0.3, -0.25) is 4.79 Å². The molecular weight excluding hydrogens is 417 g/mol. The average molecular weight is 440 g/mol. The lowest BCUT2D eigenvalue weighted by atomic mass is 10.0. The van der Waals surface area contributed by atoms with Gasteiger partial charge in [0.1, 0.15) is 24.1 Å². The summed E-state index contributed by atoms with van der Waals surface area (Å²) in [5, 5.41) is 3.36. The molecule has 1 saturated heterocycles. The fourth-order valence-corrected chi connectivity index (χ4v) is 3.47. The summed E-state index contributed by atoms with van der Waals surface area (Å²) in [7, 11) is 1.64. The van der Waals surface area contributed by atoms with Crippen LogP contribution in [0.3, 0.4) is 0 Å². The summed E-state index contributed by atoms with van der Waals surface area (Å²) in [4.78, 5) is 27.4. The first-order chi connectivity index (χ1) is 13.2. The smallest absolute Gasteiger partial charge is 0.243 e. The Balaban J connectivity index is 0.00000150. The fraction of sp³-hybridized carbons (Fsp3) is 0.333. The van der Waals surface area contributed by atoms with E-state index in [1.54, 1.807) is 18.0 Å². The number of nitrogens with two attached hydrogens (primary N) is 1. The minimum atomic E-state index is -0.100. The number of methoxy groups -OCH3 is 1. The molecule has 2 aromatic heterocycles. The maximum atomic E-state index is 13.1. The molecule has 0 spiro atoms. The van der Waals surface area contributed by atoms with E-state index in [4.69, 9.17) is 10.5 Å². The Bertz CT molecular complexity index is 982. The van der Waals surface area contributed by atoms with E-state index in [9.17, 15) is 4.79 Å². The van der Waals surface area contributed by atoms with E-state index >= 15 is 0 Å². The number of carbonyl (C=O) groups is 1. The molecular formula is C18H23Cl2N7O2. The lowest BCUT2D eigenvalue weighted by Gasteiger charge is -2.37. The van der Waals surface area contributed by atoms with Crippen LogP contribution in [0.2, 0.25) is 0 Å². The monoisotopic (exact) mass is 439 g/mol. The van der Waals surface area contributed by atoms with Crippen LogP contribution in [0.25, 0.3) is 11.2 Å². The number of fused-ring (bicyclic) bond motifs is 1. The van der Waals surface area contributed by atoms with Gasteiger partial charge in [-0.05, 0) is 6.07 Å². The quantitative estimate of drug-likeness (QED) is 0.632. The van der Waals surface area contributed by atoms with Crippen molar-refractivity contribution in [1.82, 2.24) is 29.7 Å². The number of piperazine rings is 1. The van der Waals surface area contributed by atoms with E-state index in [1.165, 1.54) is 6.33 Å². The van der Waals surface area contributed by atoms with Gasteiger partial charge >= 0.3 is 0 Å². The van der Waals surface area contributed by atoms with Crippen LogP contribution in [-0.2, 0) is 11.3 Å². The summed E-state index contributed by atoms with van der Waals surface area (Å²) in [6.07, 6.45) is 2.96. The van der Waals surface area contributed by atoms with Crippen LogP contribution in [0.5, 0.6) is 5.75 Å². The zero-order valence-electron chi connectivity index (χ0n) is 15.8. The zero-order valence-corrected chi connectivity index (χ0v) is 17.4. The first kappa shape index (κ1) is 22.7. The number of rotatable bonds is 4. The van der Waals surface area contributed by atoms with E-state index in [2.05, 4.69) is 20.3 Å². The number of hydrogen-bond acceptors (Lipinski definition) is 7. The van der Waals surface area contributed by atoms with Gasteiger partial charge in [0.15, 0.2) is 11.5 Å². The number of carbonyl (C=O) groups excluding carboxylic acids is 1. The SMILES string of the molecule is COc1ccccc1C1CNCCN1C(=O)Cn1cnc2c(N)ncnc21.Cl.Cl. The van der Waals surface area contributed by atoms with Crippen molar-refractivity contribution < 1.29 is 9.53 Å². The van der Waals surface area contributed by atoms with Crippen molar-refractivity contribution in [2.75, 3.05) is 32.5 Å². The van der Waals surface area contributed by atoms with Crippen LogP contribution in [0.1, 0.15) is 11.6 Å². The number of ether oxygens (including phenoxy) is 1. The molecule has 3 N–H and O–H groups in total. The number of hydrogen-bond donors (Lipinski definition) is 2. The molecule has 0 saturated carbocycles. The van der Waals surface area contributed by atoms with Crippen LogP contribution >= 0.6 is 24.8 Å². The standard InChI is InChI=1S/C18H21N7O2.2ClH/c1-27-14-5-3-2-4-12(14)13-8-20-6-7-25(13)15(26)9-24-11-23-16-17(19)21-10-22-18(16)24;;/h2-5,10-11,13,20H,6-9H2,1H3,(H2,19,21,22);2*1H. The van der Waals surface area contributed by atoms with Crippen molar-refractivity contribution in [3.8, 4) is 5.75 Å². The Labute approximate surface area is 180 Å². The molecule has 1 aromatic carbocycles. The number of halogens is 2. The normalized spacial score (nSPS) is 16.0. The highest BCUT2D eigenvalue weighted by Gasteiger charge is 2.30. The molecule has 1 fully saturated rings. The molecule has 4 rings (SSSR count). The molecule has 3 aromatic rings. The van der Waals surface area contributed by atoms with Crippen molar-refractivity contribution in [2.24, 2.45) is 0 Å². The molecule has 3 heterocycles. The second-order valence-corrected chi connectivity index (χ2v) is 6.35. The molecule has 1 atom stereocenters. The maximum Gasteiger partial charge on any atom is 0.243 e. The van der Waals surface area contributed by atoms with E-state index in [1.807, 2.05) is 29.2 Å². The van der Waals surface area contributed by atoms with E-state index in [0.717, 1.165) is 17.9 Å². The fourth-order valence-electron chi connectivity index (χ4n) is 3.47. The molecule has 0 bridgehead atoms. The van der Waals surface area contributed by atoms with E-state index < -0.39 is 0 Å². The van der Waals surface area contributed by atoms with E-state index in [-0.39, 0.29) is 43.3 Å². The number of amides is 1. The van der Waals surface area contributed by atoms with Gasteiger partial charge in [0.25, 0.3) is 0 Å². The third-order valence-electron chi connectivity index (χ3n) is 4.80. The van der Waals surface area contributed by atoms with Gasteiger partial charge in [-0.2, -0.15) is 0 Å². The Kier molecular flexibility index (Phi) is 7.60. The van der Waals surface area contributed by atoms with Crippen molar-refractivity contribution in [3.63, 3.8) is 0 Å². The maximum absolute atomic E-state index is 13.1. The second kappa shape index (κ2) is 9.73. The second-order valence-electron chi connectivity index (χ2n) is 6.35. The van der Waals surface area contributed by atoms with Crippen molar-refractivity contribution in [3.05, 3.63) is 42.5 Å². The molecule has 156 valence electrons. The number of aromatic nitrogens is 4. The van der Waals surface area contributed by atoms with Crippen LogP contribution in [0, 0.1) is 0 Å². The van der Waals surface area contributed by atoms with Crippen LogP contribution in [0.15, 0.2) is 36.9 Å². The molecule has 1 aliphatic rings. The Morgan fingerprint density at radius 1 is 1.28 bits per heavy atom. The first-order valence-electron chi connectivity index (χ1n) is 8.73.